The van der Waals surface area contributed by atoms with E-state index in [9.17, 15) is 9.90 Å². The lowest BCUT2D eigenvalue weighted by Gasteiger charge is -2.19. The number of carboxylic acids is 1. The Hall–Kier alpha value is -2.30. The van der Waals surface area contributed by atoms with Crippen molar-refractivity contribution in [2.75, 3.05) is 6.61 Å². The number of aliphatic carboxylic acids is 1. The summed E-state index contributed by atoms with van der Waals surface area (Å²) < 4.78 is 11.7. The molecule has 0 amide bonds. The van der Waals surface area contributed by atoms with Gasteiger partial charge in [0.25, 0.3) is 0 Å². The number of aryl methyl sites for hydroxylation is 3. The third-order valence-corrected chi connectivity index (χ3v) is 5.48. The van der Waals surface area contributed by atoms with Gasteiger partial charge < -0.3 is 14.3 Å². The maximum Gasteiger partial charge on any atom is 0.307 e. The van der Waals surface area contributed by atoms with E-state index in [4.69, 9.17) is 9.15 Å². The van der Waals surface area contributed by atoms with Gasteiger partial charge in [0, 0.05) is 12.8 Å². The first-order chi connectivity index (χ1) is 13.0. The summed E-state index contributed by atoms with van der Waals surface area (Å²) in [6, 6.07) is 6.08. The van der Waals surface area contributed by atoms with Gasteiger partial charge in [-0.15, -0.1) is 0 Å². The SMILES string of the molecule is CCCc1nc(C)c(CCOc2ccc3c(c2)CCC3C(CC)C(=O)O)o1. The highest BCUT2D eigenvalue weighted by Crippen LogP contribution is 2.41. The molecule has 5 nitrogen and oxygen atoms in total. The second kappa shape index (κ2) is 8.59. The van der Waals surface area contributed by atoms with Crippen molar-refractivity contribution in [1.82, 2.24) is 4.98 Å². The molecule has 1 aromatic heterocycles. The summed E-state index contributed by atoms with van der Waals surface area (Å²) in [6.07, 6.45) is 5.06. The normalized spacial score (nSPS) is 16.9. The van der Waals surface area contributed by atoms with E-state index < -0.39 is 5.97 Å². The van der Waals surface area contributed by atoms with Crippen LogP contribution in [0.3, 0.4) is 0 Å². The molecule has 0 saturated heterocycles. The molecular weight excluding hydrogens is 342 g/mol. The molecule has 146 valence electrons. The highest BCUT2D eigenvalue weighted by atomic mass is 16.5. The van der Waals surface area contributed by atoms with E-state index in [0.29, 0.717) is 19.4 Å². The third kappa shape index (κ3) is 4.34. The van der Waals surface area contributed by atoms with Crippen molar-refractivity contribution in [1.29, 1.82) is 0 Å². The van der Waals surface area contributed by atoms with Crippen molar-refractivity contribution in [3.05, 3.63) is 46.7 Å². The molecule has 2 aromatic rings. The minimum atomic E-state index is -0.694. The van der Waals surface area contributed by atoms with Crippen LogP contribution in [0.2, 0.25) is 0 Å². The molecule has 1 aliphatic carbocycles. The number of benzene rings is 1. The minimum absolute atomic E-state index is 0.116. The van der Waals surface area contributed by atoms with Gasteiger partial charge in [-0.05, 0) is 61.8 Å². The average Bonchev–Trinajstić information content (AvgIpc) is 3.19. The zero-order valence-corrected chi connectivity index (χ0v) is 16.5. The number of oxazole rings is 1. The number of rotatable bonds is 9. The zero-order valence-electron chi connectivity index (χ0n) is 16.5. The van der Waals surface area contributed by atoms with E-state index in [1.165, 1.54) is 11.1 Å². The average molecular weight is 371 g/mol. The van der Waals surface area contributed by atoms with Gasteiger partial charge in [0.05, 0.1) is 18.2 Å². The van der Waals surface area contributed by atoms with Crippen molar-refractivity contribution in [3.63, 3.8) is 0 Å². The third-order valence-electron chi connectivity index (χ3n) is 5.48. The number of hydrogen-bond acceptors (Lipinski definition) is 4. The van der Waals surface area contributed by atoms with Gasteiger partial charge in [-0.3, -0.25) is 4.79 Å². The van der Waals surface area contributed by atoms with Crippen LogP contribution in [0.25, 0.3) is 0 Å². The Morgan fingerprint density at radius 3 is 2.89 bits per heavy atom. The number of fused-ring (bicyclic) bond motifs is 1. The molecule has 3 rings (SSSR count). The van der Waals surface area contributed by atoms with Gasteiger partial charge in [-0.25, -0.2) is 4.98 Å². The standard InChI is InChI=1S/C22H29NO4/c1-4-6-21-23-14(3)20(27-21)11-12-26-16-8-10-18-15(13-16)7-9-19(18)17(5-2)22(24)25/h8,10,13,17,19H,4-7,9,11-12H2,1-3H3,(H,24,25). The molecule has 5 heteroatoms. The van der Waals surface area contributed by atoms with Crippen LogP contribution in [0.5, 0.6) is 5.75 Å². The van der Waals surface area contributed by atoms with Crippen LogP contribution in [0.4, 0.5) is 0 Å². The van der Waals surface area contributed by atoms with E-state index in [1.807, 2.05) is 26.0 Å². The monoisotopic (exact) mass is 371 g/mol. The number of aromatic nitrogens is 1. The first kappa shape index (κ1) is 19.5. The summed E-state index contributed by atoms with van der Waals surface area (Å²) in [5.41, 5.74) is 3.34. The number of carboxylic acid groups (broad SMARTS) is 1. The van der Waals surface area contributed by atoms with Gasteiger partial charge in [-0.1, -0.05) is 19.9 Å². The molecule has 1 aromatic carbocycles. The molecule has 0 fully saturated rings. The lowest BCUT2D eigenvalue weighted by Crippen LogP contribution is -2.19. The van der Waals surface area contributed by atoms with Gasteiger partial charge >= 0.3 is 5.97 Å². The summed E-state index contributed by atoms with van der Waals surface area (Å²) in [5.74, 6) is 1.66. The van der Waals surface area contributed by atoms with Gasteiger partial charge in [0.1, 0.15) is 11.5 Å². The number of nitrogens with zero attached hydrogens (tertiary/aromatic N) is 1. The van der Waals surface area contributed by atoms with E-state index in [1.54, 1.807) is 0 Å². The molecule has 1 heterocycles. The Kier molecular flexibility index (Phi) is 6.19. The Morgan fingerprint density at radius 2 is 2.19 bits per heavy atom. The fourth-order valence-electron chi connectivity index (χ4n) is 4.07. The Morgan fingerprint density at radius 1 is 1.37 bits per heavy atom. The van der Waals surface area contributed by atoms with E-state index >= 15 is 0 Å². The molecule has 0 spiro atoms. The summed E-state index contributed by atoms with van der Waals surface area (Å²) >= 11 is 0. The van der Waals surface area contributed by atoms with Crippen LogP contribution in [-0.2, 0) is 24.1 Å². The topological polar surface area (TPSA) is 72.6 Å². The molecule has 2 unspecified atom stereocenters. The van der Waals surface area contributed by atoms with Crippen LogP contribution in [-0.4, -0.2) is 22.7 Å². The second-order valence-electron chi connectivity index (χ2n) is 7.32. The Labute approximate surface area is 160 Å². The largest absolute Gasteiger partial charge is 0.493 e. The van der Waals surface area contributed by atoms with Crippen molar-refractivity contribution >= 4 is 5.97 Å². The van der Waals surface area contributed by atoms with Crippen LogP contribution < -0.4 is 4.74 Å². The summed E-state index contributed by atoms with van der Waals surface area (Å²) in [6.45, 7) is 6.57. The highest BCUT2D eigenvalue weighted by Gasteiger charge is 2.33. The van der Waals surface area contributed by atoms with Crippen molar-refractivity contribution in [2.24, 2.45) is 5.92 Å². The summed E-state index contributed by atoms with van der Waals surface area (Å²) in [5, 5.41) is 9.46. The maximum absolute atomic E-state index is 11.5. The quantitative estimate of drug-likeness (QED) is 0.692. The Balaban J connectivity index is 1.61. The van der Waals surface area contributed by atoms with Crippen molar-refractivity contribution < 1.29 is 19.1 Å². The van der Waals surface area contributed by atoms with Crippen LogP contribution in [0, 0.1) is 12.8 Å². The number of carbonyl (C=O) groups is 1. The second-order valence-corrected chi connectivity index (χ2v) is 7.32. The summed E-state index contributed by atoms with van der Waals surface area (Å²) in [4.78, 5) is 16.0. The fourth-order valence-corrected chi connectivity index (χ4v) is 4.07. The van der Waals surface area contributed by atoms with Crippen LogP contribution in [0.1, 0.15) is 67.5 Å². The van der Waals surface area contributed by atoms with E-state index in [-0.39, 0.29) is 11.8 Å². The lowest BCUT2D eigenvalue weighted by atomic mass is 9.85. The van der Waals surface area contributed by atoms with Gasteiger partial charge in [0.15, 0.2) is 5.89 Å². The predicted octanol–water partition coefficient (Wildman–Crippen LogP) is 4.70. The van der Waals surface area contributed by atoms with Gasteiger partial charge in [0.2, 0.25) is 0 Å². The van der Waals surface area contributed by atoms with E-state index in [0.717, 1.165) is 48.8 Å². The lowest BCUT2D eigenvalue weighted by molar-refractivity contribution is -0.142. The molecule has 0 aliphatic heterocycles. The molecule has 0 radical (unpaired) electrons. The molecule has 1 N–H and O–H groups in total. The molecule has 1 aliphatic rings. The first-order valence-corrected chi connectivity index (χ1v) is 9.97. The molecule has 0 saturated carbocycles. The van der Waals surface area contributed by atoms with E-state index in [2.05, 4.69) is 18.0 Å². The smallest absolute Gasteiger partial charge is 0.307 e. The van der Waals surface area contributed by atoms with Crippen LogP contribution >= 0.6 is 0 Å². The molecule has 27 heavy (non-hydrogen) atoms. The molecular formula is C22H29NO4. The van der Waals surface area contributed by atoms with Crippen molar-refractivity contribution in [3.8, 4) is 5.75 Å². The van der Waals surface area contributed by atoms with Crippen molar-refractivity contribution in [2.45, 2.75) is 65.2 Å². The predicted molar refractivity (Wildman–Crippen MR) is 103 cm³/mol. The Bertz CT molecular complexity index is 796. The fraction of sp³-hybridized carbons (Fsp3) is 0.545. The highest BCUT2D eigenvalue weighted by molar-refractivity contribution is 5.71. The van der Waals surface area contributed by atoms with Crippen LogP contribution in [0.15, 0.2) is 22.6 Å². The minimum Gasteiger partial charge on any atom is -0.493 e. The zero-order chi connectivity index (χ0) is 19.4. The summed E-state index contributed by atoms with van der Waals surface area (Å²) in [7, 11) is 0. The van der Waals surface area contributed by atoms with Gasteiger partial charge in [-0.2, -0.15) is 0 Å². The number of ether oxygens (including phenoxy) is 1. The maximum atomic E-state index is 11.5. The molecule has 0 bridgehead atoms. The molecule has 2 atom stereocenters. The number of hydrogen-bond donors (Lipinski definition) is 1. The first-order valence-electron chi connectivity index (χ1n) is 9.97.